The van der Waals surface area contributed by atoms with E-state index in [1.165, 1.54) is 0 Å². The quantitative estimate of drug-likeness (QED) is 0.579. The van der Waals surface area contributed by atoms with E-state index < -0.39 is 0 Å². The molecule has 2 N–H and O–H groups in total. The third-order valence-electron chi connectivity index (χ3n) is 2.10. The Kier molecular flexibility index (Phi) is 1.58. The molecule has 2 atom stereocenters. The molecule has 60 valence electrons. The third-order valence-corrected chi connectivity index (χ3v) is 2.10. The molecular formula is C6H11N5. The van der Waals surface area contributed by atoms with Gasteiger partial charge in [0, 0.05) is 18.5 Å². The van der Waals surface area contributed by atoms with Crippen molar-refractivity contribution in [3.8, 4) is 0 Å². The fourth-order valence-corrected chi connectivity index (χ4v) is 1.48. The van der Waals surface area contributed by atoms with Gasteiger partial charge in [-0.25, -0.2) is 5.10 Å². The first-order valence-corrected chi connectivity index (χ1v) is 3.83. The molecule has 1 saturated heterocycles. The summed E-state index contributed by atoms with van der Waals surface area (Å²) in [5.74, 6) is 1.38. The number of hydrogen-bond acceptors (Lipinski definition) is 4. The molecule has 1 aliphatic rings. The van der Waals surface area contributed by atoms with Crippen molar-refractivity contribution in [3.63, 3.8) is 0 Å². The van der Waals surface area contributed by atoms with Gasteiger partial charge in [0.25, 0.3) is 0 Å². The van der Waals surface area contributed by atoms with Crippen LogP contribution in [0.15, 0.2) is 0 Å². The van der Waals surface area contributed by atoms with E-state index in [-0.39, 0.29) is 0 Å². The lowest BCUT2D eigenvalue weighted by Gasteiger charge is -2.00. The first-order chi connectivity index (χ1) is 5.36. The minimum absolute atomic E-state index is 0.472. The molecule has 0 aromatic carbocycles. The molecule has 0 amide bonds. The van der Waals surface area contributed by atoms with Crippen molar-refractivity contribution < 1.29 is 0 Å². The molecule has 2 rings (SSSR count). The second-order valence-electron chi connectivity index (χ2n) is 3.03. The van der Waals surface area contributed by atoms with Crippen LogP contribution >= 0.6 is 0 Å². The smallest absolute Gasteiger partial charge is 0.152 e. The zero-order valence-corrected chi connectivity index (χ0v) is 6.41. The molecule has 1 fully saturated rings. The van der Waals surface area contributed by atoms with Crippen LogP contribution in [0.1, 0.15) is 25.1 Å². The molecule has 1 aromatic rings. The van der Waals surface area contributed by atoms with Crippen LogP contribution in [0.25, 0.3) is 0 Å². The highest BCUT2D eigenvalue weighted by Crippen LogP contribution is 2.20. The SMILES string of the molecule is C[C@@H]1C[C@@H](c2nnn[nH]2)CN1. The monoisotopic (exact) mass is 153 g/mol. The Morgan fingerprint density at radius 2 is 2.45 bits per heavy atom. The van der Waals surface area contributed by atoms with Crippen LogP contribution in [0.4, 0.5) is 0 Å². The fourth-order valence-electron chi connectivity index (χ4n) is 1.48. The summed E-state index contributed by atoms with van der Waals surface area (Å²) in [7, 11) is 0. The maximum absolute atomic E-state index is 3.88. The number of nitrogens with zero attached hydrogens (tertiary/aromatic N) is 3. The van der Waals surface area contributed by atoms with Crippen molar-refractivity contribution in [3.05, 3.63) is 5.82 Å². The van der Waals surface area contributed by atoms with Gasteiger partial charge >= 0.3 is 0 Å². The second-order valence-corrected chi connectivity index (χ2v) is 3.03. The number of aromatic amines is 1. The molecule has 0 bridgehead atoms. The van der Waals surface area contributed by atoms with Crippen LogP contribution in [0.3, 0.4) is 0 Å². The van der Waals surface area contributed by atoms with Gasteiger partial charge in [0.15, 0.2) is 5.82 Å². The number of tetrazole rings is 1. The summed E-state index contributed by atoms with van der Waals surface area (Å²) in [6.07, 6.45) is 1.12. The first kappa shape index (κ1) is 6.72. The van der Waals surface area contributed by atoms with Gasteiger partial charge in [-0.2, -0.15) is 0 Å². The standard InChI is InChI=1S/C6H11N5/c1-4-2-5(3-7-4)6-8-10-11-9-6/h4-5,7H,2-3H2,1H3,(H,8,9,10,11)/t4-,5-/m1/s1. The van der Waals surface area contributed by atoms with Gasteiger partial charge in [-0.3, -0.25) is 0 Å². The normalized spacial score (nSPS) is 31.0. The first-order valence-electron chi connectivity index (χ1n) is 3.83. The fraction of sp³-hybridized carbons (Fsp3) is 0.833. The molecule has 0 aliphatic carbocycles. The molecule has 1 aliphatic heterocycles. The summed E-state index contributed by atoms with van der Waals surface area (Å²) in [5, 5.41) is 17.1. The molecule has 0 spiro atoms. The summed E-state index contributed by atoms with van der Waals surface area (Å²) >= 11 is 0. The van der Waals surface area contributed by atoms with Gasteiger partial charge in [0.2, 0.25) is 0 Å². The highest BCUT2D eigenvalue weighted by atomic mass is 15.5. The van der Waals surface area contributed by atoms with Crippen LogP contribution < -0.4 is 5.32 Å². The van der Waals surface area contributed by atoms with Crippen molar-refractivity contribution in [2.45, 2.75) is 25.3 Å². The van der Waals surface area contributed by atoms with Gasteiger partial charge in [0.1, 0.15) is 0 Å². The predicted octanol–water partition coefficient (Wildman–Crippen LogP) is -0.335. The van der Waals surface area contributed by atoms with Crippen LogP contribution in [0.5, 0.6) is 0 Å². The van der Waals surface area contributed by atoms with Crippen molar-refractivity contribution in [2.24, 2.45) is 0 Å². The van der Waals surface area contributed by atoms with Gasteiger partial charge in [-0.15, -0.1) is 5.10 Å². The van der Waals surface area contributed by atoms with E-state index in [1.807, 2.05) is 0 Å². The minimum Gasteiger partial charge on any atom is -0.314 e. The average molecular weight is 153 g/mol. The van der Waals surface area contributed by atoms with E-state index >= 15 is 0 Å². The van der Waals surface area contributed by atoms with E-state index in [0.717, 1.165) is 18.8 Å². The van der Waals surface area contributed by atoms with Crippen molar-refractivity contribution in [2.75, 3.05) is 6.54 Å². The topological polar surface area (TPSA) is 66.5 Å². The van der Waals surface area contributed by atoms with Crippen LogP contribution in [-0.4, -0.2) is 33.2 Å². The predicted molar refractivity (Wildman–Crippen MR) is 39.0 cm³/mol. The number of H-pyrrole nitrogens is 1. The minimum atomic E-state index is 0.472. The van der Waals surface area contributed by atoms with E-state index in [0.29, 0.717) is 12.0 Å². The summed E-state index contributed by atoms with van der Waals surface area (Å²) in [4.78, 5) is 0. The van der Waals surface area contributed by atoms with Crippen molar-refractivity contribution in [1.29, 1.82) is 0 Å². The van der Waals surface area contributed by atoms with E-state index in [1.54, 1.807) is 0 Å². The van der Waals surface area contributed by atoms with Crippen LogP contribution in [0, 0.1) is 0 Å². The van der Waals surface area contributed by atoms with Crippen LogP contribution in [-0.2, 0) is 0 Å². The lowest BCUT2D eigenvalue weighted by Crippen LogP contribution is -2.16. The van der Waals surface area contributed by atoms with Gasteiger partial charge in [-0.1, -0.05) is 0 Å². The molecule has 0 saturated carbocycles. The van der Waals surface area contributed by atoms with Gasteiger partial charge in [-0.05, 0) is 23.8 Å². The summed E-state index contributed by atoms with van der Waals surface area (Å²) in [5.41, 5.74) is 0. The summed E-state index contributed by atoms with van der Waals surface area (Å²) in [6, 6.07) is 0.588. The zero-order valence-electron chi connectivity index (χ0n) is 6.41. The lowest BCUT2D eigenvalue weighted by molar-refractivity contribution is 0.650. The van der Waals surface area contributed by atoms with Gasteiger partial charge in [0.05, 0.1) is 0 Å². The van der Waals surface area contributed by atoms with E-state index in [9.17, 15) is 0 Å². The Morgan fingerprint density at radius 3 is 3.00 bits per heavy atom. The van der Waals surface area contributed by atoms with Crippen LogP contribution in [0.2, 0.25) is 0 Å². The highest BCUT2D eigenvalue weighted by Gasteiger charge is 2.24. The Hall–Kier alpha value is -0.970. The molecular weight excluding hydrogens is 142 g/mol. The van der Waals surface area contributed by atoms with E-state index in [4.69, 9.17) is 0 Å². The number of rotatable bonds is 1. The summed E-state index contributed by atoms with van der Waals surface area (Å²) in [6.45, 7) is 3.15. The number of hydrogen-bond donors (Lipinski definition) is 2. The Balaban J connectivity index is 2.08. The number of aromatic nitrogens is 4. The van der Waals surface area contributed by atoms with Crippen molar-refractivity contribution in [1.82, 2.24) is 25.9 Å². The highest BCUT2D eigenvalue weighted by molar-refractivity contribution is 4.98. The molecule has 5 heteroatoms. The molecule has 11 heavy (non-hydrogen) atoms. The molecule has 2 heterocycles. The van der Waals surface area contributed by atoms with E-state index in [2.05, 4.69) is 32.9 Å². The average Bonchev–Trinajstić information content (AvgIpc) is 2.55. The zero-order chi connectivity index (χ0) is 7.68. The lowest BCUT2D eigenvalue weighted by atomic mass is 10.1. The number of nitrogens with one attached hydrogen (secondary N) is 2. The molecule has 0 radical (unpaired) electrons. The molecule has 0 unspecified atom stereocenters. The molecule has 1 aromatic heterocycles. The summed E-state index contributed by atoms with van der Waals surface area (Å²) < 4.78 is 0. The second kappa shape index (κ2) is 2.58. The maximum Gasteiger partial charge on any atom is 0.152 e. The van der Waals surface area contributed by atoms with Crippen molar-refractivity contribution >= 4 is 0 Å². The Bertz CT molecular complexity index is 219. The Labute approximate surface area is 64.6 Å². The maximum atomic E-state index is 3.88. The Morgan fingerprint density at radius 1 is 1.55 bits per heavy atom. The van der Waals surface area contributed by atoms with Gasteiger partial charge < -0.3 is 5.32 Å². The largest absolute Gasteiger partial charge is 0.314 e. The molecule has 5 nitrogen and oxygen atoms in total. The third kappa shape index (κ3) is 1.23.